The number of aromatic nitrogens is 1. The van der Waals surface area contributed by atoms with Crippen molar-refractivity contribution < 1.29 is 14.7 Å². The summed E-state index contributed by atoms with van der Waals surface area (Å²) in [6, 6.07) is 7.25. The van der Waals surface area contributed by atoms with E-state index in [1.807, 2.05) is 12.1 Å². The lowest BCUT2D eigenvalue weighted by molar-refractivity contribution is -0.147. The predicted octanol–water partition coefficient (Wildman–Crippen LogP) is 2.40. The number of carboxylic acid groups (broad SMARTS) is 1. The van der Waals surface area contributed by atoms with Gasteiger partial charge >= 0.3 is 5.97 Å². The molecule has 2 aromatic rings. The minimum atomic E-state index is -0.943. The number of hydrogen-bond donors (Lipinski definition) is 3. The van der Waals surface area contributed by atoms with Gasteiger partial charge in [-0.2, -0.15) is 0 Å². The van der Waals surface area contributed by atoms with Crippen LogP contribution in [0.4, 0.5) is 0 Å². The van der Waals surface area contributed by atoms with E-state index in [-0.39, 0.29) is 12.5 Å². The first-order valence-corrected chi connectivity index (χ1v) is 6.55. The van der Waals surface area contributed by atoms with Gasteiger partial charge in [-0.15, -0.1) is 0 Å². The molecule has 5 nitrogen and oxygen atoms in total. The first kappa shape index (κ1) is 14.1. The van der Waals surface area contributed by atoms with Crippen LogP contribution in [0.5, 0.6) is 0 Å². The molecule has 0 bridgehead atoms. The fourth-order valence-corrected chi connectivity index (χ4v) is 2.01. The molecule has 1 amide bonds. The van der Waals surface area contributed by atoms with Crippen LogP contribution in [-0.2, 0) is 4.79 Å². The number of benzene rings is 1. The van der Waals surface area contributed by atoms with E-state index in [0.29, 0.717) is 12.0 Å². The van der Waals surface area contributed by atoms with Gasteiger partial charge in [0.2, 0.25) is 0 Å². The second-order valence-corrected chi connectivity index (χ2v) is 5.15. The van der Waals surface area contributed by atoms with Crippen LogP contribution in [0.15, 0.2) is 30.5 Å². The van der Waals surface area contributed by atoms with Gasteiger partial charge in [-0.25, -0.2) is 0 Å². The molecule has 0 aliphatic heterocycles. The summed E-state index contributed by atoms with van der Waals surface area (Å²) in [5.41, 5.74) is 0.489. The van der Waals surface area contributed by atoms with Crippen molar-refractivity contribution in [2.45, 2.75) is 20.3 Å². The minimum absolute atomic E-state index is 0.110. The van der Waals surface area contributed by atoms with Crippen LogP contribution in [0.2, 0.25) is 0 Å². The van der Waals surface area contributed by atoms with Crippen molar-refractivity contribution >= 4 is 22.8 Å². The van der Waals surface area contributed by atoms with Gasteiger partial charge in [0.25, 0.3) is 5.91 Å². The van der Waals surface area contributed by atoms with Gasteiger partial charge in [0.15, 0.2) is 0 Å². The standard InChI is InChI=1S/C15H18N2O3/c1-3-15(2,14(19)20)9-17-13(18)11-5-4-6-12-10(11)7-8-16-12/h4-8,16H,3,9H2,1-2H3,(H,17,18)(H,19,20). The number of aromatic amines is 1. The molecule has 0 saturated heterocycles. The Morgan fingerprint density at radius 1 is 1.35 bits per heavy atom. The van der Waals surface area contributed by atoms with Gasteiger partial charge in [-0.3, -0.25) is 9.59 Å². The second kappa shape index (κ2) is 5.36. The molecule has 0 spiro atoms. The SMILES string of the molecule is CCC(C)(CNC(=O)c1cccc2[nH]ccc12)C(=O)O. The molecule has 1 aromatic carbocycles. The van der Waals surface area contributed by atoms with Crippen molar-refractivity contribution in [3.8, 4) is 0 Å². The molecule has 0 fully saturated rings. The molecule has 1 atom stereocenters. The summed E-state index contributed by atoms with van der Waals surface area (Å²) in [6.07, 6.45) is 2.23. The summed E-state index contributed by atoms with van der Waals surface area (Å²) in [5.74, 6) is -1.16. The maximum absolute atomic E-state index is 12.2. The number of fused-ring (bicyclic) bond motifs is 1. The number of nitrogens with one attached hydrogen (secondary N) is 2. The van der Waals surface area contributed by atoms with Crippen molar-refractivity contribution in [3.05, 3.63) is 36.0 Å². The van der Waals surface area contributed by atoms with Crippen molar-refractivity contribution in [2.75, 3.05) is 6.54 Å². The van der Waals surface area contributed by atoms with E-state index < -0.39 is 11.4 Å². The van der Waals surface area contributed by atoms with Crippen LogP contribution < -0.4 is 5.32 Å². The van der Waals surface area contributed by atoms with Crippen LogP contribution in [0, 0.1) is 5.41 Å². The monoisotopic (exact) mass is 274 g/mol. The molecule has 2 rings (SSSR count). The average molecular weight is 274 g/mol. The molecular formula is C15H18N2O3. The van der Waals surface area contributed by atoms with Crippen LogP contribution in [0.1, 0.15) is 30.6 Å². The fraction of sp³-hybridized carbons (Fsp3) is 0.333. The highest BCUT2D eigenvalue weighted by molar-refractivity contribution is 6.06. The van der Waals surface area contributed by atoms with Crippen LogP contribution in [-0.4, -0.2) is 28.5 Å². The largest absolute Gasteiger partial charge is 0.481 e. The summed E-state index contributed by atoms with van der Waals surface area (Å²) >= 11 is 0. The average Bonchev–Trinajstić information content (AvgIpc) is 2.92. The van der Waals surface area contributed by atoms with Crippen LogP contribution >= 0.6 is 0 Å². The van der Waals surface area contributed by atoms with Crippen molar-refractivity contribution in [3.63, 3.8) is 0 Å². The number of carbonyl (C=O) groups is 2. The second-order valence-electron chi connectivity index (χ2n) is 5.15. The van der Waals surface area contributed by atoms with Crippen molar-refractivity contribution in [1.82, 2.24) is 10.3 Å². The normalized spacial score (nSPS) is 13.9. The lowest BCUT2D eigenvalue weighted by Gasteiger charge is -2.23. The topological polar surface area (TPSA) is 82.2 Å². The third-order valence-electron chi connectivity index (χ3n) is 3.78. The van der Waals surface area contributed by atoms with Gasteiger partial charge in [0.1, 0.15) is 0 Å². The van der Waals surface area contributed by atoms with E-state index in [1.54, 1.807) is 32.2 Å². The minimum Gasteiger partial charge on any atom is -0.481 e. The van der Waals surface area contributed by atoms with E-state index in [9.17, 15) is 14.7 Å². The van der Waals surface area contributed by atoms with Gasteiger partial charge in [0.05, 0.1) is 5.41 Å². The Bertz CT molecular complexity index is 647. The third kappa shape index (κ3) is 2.52. The highest BCUT2D eigenvalue weighted by Gasteiger charge is 2.31. The Morgan fingerprint density at radius 3 is 2.75 bits per heavy atom. The Kier molecular flexibility index (Phi) is 3.79. The van der Waals surface area contributed by atoms with Gasteiger partial charge in [-0.1, -0.05) is 13.0 Å². The zero-order chi connectivity index (χ0) is 14.8. The molecule has 0 radical (unpaired) electrons. The smallest absolute Gasteiger partial charge is 0.311 e. The van der Waals surface area contributed by atoms with E-state index in [2.05, 4.69) is 10.3 Å². The summed E-state index contributed by atoms with van der Waals surface area (Å²) in [5, 5.41) is 12.8. The summed E-state index contributed by atoms with van der Waals surface area (Å²) in [7, 11) is 0. The molecule has 0 aliphatic carbocycles. The first-order valence-electron chi connectivity index (χ1n) is 6.55. The van der Waals surface area contributed by atoms with Gasteiger partial charge in [0, 0.05) is 29.2 Å². The number of carboxylic acids is 1. The predicted molar refractivity (Wildman–Crippen MR) is 76.7 cm³/mol. The highest BCUT2D eigenvalue weighted by Crippen LogP contribution is 2.21. The Hall–Kier alpha value is -2.30. The summed E-state index contributed by atoms with van der Waals surface area (Å²) < 4.78 is 0. The van der Waals surface area contributed by atoms with E-state index in [0.717, 1.165) is 10.9 Å². The molecule has 5 heteroatoms. The molecular weight excluding hydrogens is 256 g/mol. The first-order chi connectivity index (χ1) is 9.48. The lowest BCUT2D eigenvalue weighted by atomic mass is 9.87. The van der Waals surface area contributed by atoms with Crippen molar-refractivity contribution in [1.29, 1.82) is 0 Å². The molecule has 1 heterocycles. The summed E-state index contributed by atoms with van der Waals surface area (Å²) in [4.78, 5) is 26.5. The third-order valence-corrected chi connectivity index (χ3v) is 3.78. The number of rotatable bonds is 5. The quantitative estimate of drug-likeness (QED) is 0.783. The van der Waals surface area contributed by atoms with E-state index in [4.69, 9.17) is 0 Å². The Balaban J connectivity index is 2.17. The summed E-state index contributed by atoms with van der Waals surface area (Å²) in [6.45, 7) is 3.54. The number of H-pyrrole nitrogens is 1. The van der Waals surface area contributed by atoms with Gasteiger partial charge in [-0.05, 0) is 31.5 Å². The fourth-order valence-electron chi connectivity index (χ4n) is 2.01. The maximum Gasteiger partial charge on any atom is 0.311 e. The Morgan fingerprint density at radius 2 is 2.10 bits per heavy atom. The highest BCUT2D eigenvalue weighted by atomic mass is 16.4. The van der Waals surface area contributed by atoms with Gasteiger partial charge < -0.3 is 15.4 Å². The molecule has 3 N–H and O–H groups in total. The molecule has 1 unspecified atom stereocenters. The number of aliphatic carboxylic acids is 1. The molecule has 0 aliphatic rings. The molecule has 1 aromatic heterocycles. The molecule has 20 heavy (non-hydrogen) atoms. The van der Waals surface area contributed by atoms with Crippen molar-refractivity contribution in [2.24, 2.45) is 5.41 Å². The number of carbonyl (C=O) groups excluding carboxylic acids is 1. The molecule has 0 saturated carbocycles. The van der Waals surface area contributed by atoms with Crippen LogP contribution in [0.25, 0.3) is 10.9 Å². The zero-order valence-electron chi connectivity index (χ0n) is 11.6. The number of hydrogen-bond acceptors (Lipinski definition) is 2. The number of amides is 1. The van der Waals surface area contributed by atoms with E-state index in [1.165, 1.54) is 0 Å². The zero-order valence-corrected chi connectivity index (χ0v) is 11.6. The lowest BCUT2D eigenvalue weighted by Crippen LogP contribution is -2.40. The molecule has 106 valence electrons. The van der Waals surface area contributed by atoms with Crippen LogP contribution in [0.3, 0.4) is 0 Å². The van der Waals surface area contributed by atoms with E-state index >= 15 is 0 Å². The maximum atomic E-state index is 12.2. The Labute approximate surface area is 117 Å².